The lowest BCUT2D eigenvalue weighted by molar-refractivity contribution is -0.175. The van der Waals surface area contributed by atoms with Gasteiger partial charge in [-0.25, -0.2) is 4.79 Å². The van der Waals surface area contributed by atoms with Crippen LogP contribution in [-0.4, -0.2) is 26.7 Å². The third kappa shape index (κ3) is 3.79. The predicted octanol–water partition coefficient (Wildman–Crippen LogP) is 0.901. The van der Waals surface area contributed by atoms with Crippen molar-refractivity contribution in [3.05, 3.63) is 0 Å². The second-order valence-corrected chi connectivity index (χ2v) is 4.42. The van der Waals surface area contributed by atoms with Crippen LogP contribution in [0.1, 0.15) is 6.92 Å². The Morgan fingerprint density at radius 1 is 1.38 bits per heavy atom. The van der Waals surface area contributed by atoms with Gasteiger partial charge in [-0.3, -0.25) is 4.79 Å². The molecule has 0 saturated heterocycles. The van der Waals surface area contributed by atoms with E-state index in [1.165, 1.54) is 27.9 Å². The summed E-state index contributed by atoms with van der Waals surface area (Å²) in [7, 11) is 0. The number of carboxylic acid groups (broad SMARTS) is 1. The maximum atomic E-state index is 11.6. The van der Waals surface area contributed by atoms with E-state index in [2.05, 4.69) is 0 Å². The van der Waals surface area contributed by atoms with Gasteiger partial charge in [-0.2, -0.15) is 13.2 Å². The fraction of sp³-hybridized carbons (Fsp3) is 0.600. The molecule has 13 heavy (non-hydrogen) atoms. The van der Waals surface area contributed by atoms with Gasteiger partial charge in [0.2, 0.25) is 0 Å². The van der Waals surface area contributed by atoms with Gasteiger partial charge in [-0.1, -0.05) is 0 Å². The second kappa shape index (κ2) is 3.68. The lowest BCUT2D eigenvalue weighted by atomic mass is 10.3. The van der Waals surface area contributed by atoms with Crippen molar-refractivity contribution in [1.82, 2.24) is 5.32 Å². The highest BCUT2D eigenvalue weighted by Gasteiger charge is 2.44. The number of rotatable bonds is 2. The summed E-state index contributed by atoms with van der Waals surface area (Å²) in [5, 5.41) is 9.69. The molecule has 76 valence electrons. The molecule has 1 amide bonds. The van der Waals surface area contributed by atoms with Crippen LogP contribution < -0.4 is 5.32 Å². The summed E-state index contributed by atoms with van der Waals surface area (Å²) < 4.78 is 32.9. The molecular formula is C5H5F3INO3. The molecule has 0 aromatic rings. The molecule has 0 bridgehead atoms. The van der Waals surface area contributed by atoms with Crippen molar-refractivity contribution in [3.8, 4) is 0 Å². The molecule has 1 atom stereocenters. The molecule has 0 aromatic carbocycles. The van der Waals surface area contributed by atoms with E-state index in [-0.39, 0.29) is 0 Å². The Labute approximate surface area is 84.6 Å². The number of carboxylic acids is 1. The first-order valence-corrected chi connectivity index (χ1v) is 3.97. The molecule has 0 aliphatic heterocycles. The first-order valence-electron chi connectivity index (χ1n) is 2.89. The Bertz CT molecular complexity index is 238. The van der Waals surface area contributed by atoms with Crippen LogP contribution in [0.2, 0.25) is 0 Å². The number of halogens is 4. The minimum atomic E-state index is -5.07. The number of aliphatic carboxylic acids is 1. The van der Waals surface area contributed by atoms with Crippen molar-refractivity contribution >= 4 is 34.5 Å². The average molecular weight is 311 g/mol. The van der Waals surface area contributed by atoms with Crippen LogP contribution in [0, 0.1) is 0 Å². The number of hydrogen-bond acceptors (Lipinski definition) is 2. The number of amides is 1. The minimum absolute atomic E-state index is 0.944. The monoisotopic (exact) mass is 311 g/mol. The van der Waals surface area contributed by atoms with Crippen LogP contribution in [0.25, 0.3) is 0 Å². The molecule has 0 aliphatic rings. The molecule has 0 fully saturated rings. The molecule has 8 heteroatoms. The molecule has 4 nitrogen and oxygen atoms in total. The molecule has 0 heterocycles. The van der Waals surface area contributed by atoms with E-state index < -0.39 is 21.6 Å². The molecule has 0 rings (SSSR count). The minimum Gasteiger partial charge on any atom is -0.479 e. The summed E-state index contributed by atoms with van der Waals surface area (Å²) >= 11 is 1.19. The SMILES string of the molecule is C[C@](I)(NC(=O)C(F)(F)F)C(=O)O. The number of carbonyl (C=O) groups is 2. The highest BCUT2D eigenvalue weighted by atomic mass is 127. The van der Waals surface area contributed by atoms with E-state index in [1.54, 1.807) is 0 Å². The summed E-state index contributed by atoms with van der Waals surface area (Å²) in [5.74, 6) is -3.82. The molecule has 0 aliphatic carbocycles. The quantitative estimate of drug-likeness (QED) is 0.452. The van der Waals surface area contributed by atoms with Crippen molar-refractivity contribution in [1.29, 1.82) is 0 Å². The highest BCUT2D eigenvalue weighted by Crippen LogP contribution is 2.20. The number of hydrogen-bond donors (Lipinski definition) is 2. The zero-order valence-corrected chi connectivity index (χ0v) is 8.43. The third-order valence-electron chi connectivity index (χ3n) is 1.01. The summed E-state index contributed by atoms with van der Waals surface area (Å²) in [4.78, 5) is 20.6. The van der Waals surface area contributed by atoms with Crippen molar-refractivity contribution in [3.63, 3.8) is 0 Å². The molecule has 0 radical (unpaired) electrons. The van der Waals surface area contributed by atoms with Crippen molar-refractivity contribution in [2.24, 2.45) is 0 Å². The van der Waals surface area contributed by atoms with Gasteiger partial charge in [0, 0.05) is 0 Å². The van der Waals surface area contributed by atoms with Crippen LogP contribution in [0.5, 0.6) is 0 Å². The Balaban J connectivity index is 4.47. The number of carbonyl (C=O) groups excluding carboxylic acids is 1. The Kier molecular flexibility index (Phi) is 3.53. The van der Waals surface area contributed by atoms with Crippen LogP contribution in [0.4, 0.5) is 13.2 Å². The van der Waals surface area contributed by atoms with Crippen molar-refractivity contribution in [2.45, 2.75) is 16.6 Å². The standard InChI is InChI=1S/C5H5F3INO3/c1-4(9,3(12)13)10-2(11)5(6,7)8/h1H3,(H,10,11)(H,12,13)/t4-/m0/s1. The van der Waals surface area contributed by atoms with E-state index in [9.17, 15) is 22.8 Å². The van der Waals surface area contributed by atoms with Gasteiger partial charge in [-0.05, 0) is 29.5 Å². The average Bonchev–Trinajstić information content (AvgIpc) is 1.83. The van der Waals surface area contributed by atoms with E-state index >= 15 is 0 Å². The van der Waals surface area contributed by atoms with E-state index in [0.29, 0.717) is 0 Å². The Hall–Kier alpha value is -0.540. The zero-order valence-electron chi connectivity index (χ0n) is 6.28. The third-order valence-corrected chi connectivity index (χ3v) is 1.74. The van der Waals surface area contributed by atoms with Gasteiger partial charge in [-0.15, -0.1) is 0 Å². The van der Waals surface area contributed by atoms with Gasteiger partial charge in [0.25, 0.3) is 0 Å². The molecule has 0 unspecified atom stereocenters. The Morgan fingerprint density at radius 3 is 2.00 bits per heavy atom. The van der Waals surface area contributed by atoms with Crippen LogP contribution in [-0.2, 0) is 9.59 Å². The second-order valence-electron chi connectivity index (χ2n) is 2.26. The smallest absolute Gasteiger partial charge is 0.471 e. The number of alkyl halides is 4. The van der Waals surface area contributed by atoms with E-state index in [1.807, 2.05) is 0 Å². The lowest BCUT2D eigenvalue weighted by Crippen LogP contribution is -2.51. The van der Waals surface area contributed by atoms with Crippen molar-refractivity contribution < 1.29 is 27.9 Å². The van der Waals surface area contributed by atoms with Crippen molar-refractivity contribution in [2.75, 3.05) is 0 Å². The Morgan fingerprint density at radius 2 is 1.77 bits per heavy atom. The lowest BCUT2D eigenvalue weighted by Gasteiger charge is -2.19. The highest BCUT2D eigenvalue weighted by molar-refractivity contribution is 14.1. The van der Waals surface area contributed by atoms with Gasteiger partial charge in [0.05, 0.1) is 0 Å². The topological polar surface area (TPSA) is 66.4 Å². The van der Waals surface area contributed by atoms with Gasteiger partial charge < -0.3 is 10.4 Å². The fourth-order valence-corrected chi connectivity index (χ4v) is 0.582. The predicted molar refractivity (Wildman–Crippen MR) is 44.3 cm³/mol. The first kappa shape index (κ1) is 12.5. The van der Waals surface area contributed by atoms with E-state index in [4.69, 9.17) is 5.11 Å². The van der Waals surface area contributed by atoms with Gasteiger partial charge >= 0.3 is 18.1 Å². The molecule has 2 N–H and O–H groups in total. The summed E-state index contributed by atoms with van der Waals surface area (Å²) in [6, 6.07) is 0. The first-order chi connectivity index (χ1) is 5.57. The molecular weight excluding hydrogens is 306 g/mol. The van der Waals surface area contributed by atoms with Crippen LogP contribution in [0.3, 0.4) is 0 Å². The molecule has 0 aromatic heterocycles. The summed E-state index contributed by atoms with van der Waals surface area (Å²) in [6.07, 6.45) is -5.07. The fourth-order valence-electron chi connectivity index (χ4n) is 0.338. The summed E-state index contributed by atoms with van der Waals surface area (Å²) in [6.45, 7) is 0.944. The summed E-state index contributed by atoms with van der Waals surface area (Å²) in [5.41, 5.74) is 0. The number of nitrogens with one attached hydrogen (secondary N) is 1. The zero-order chi connectivity index (χ0) is 10.9. The molecule has 0 spiro atoms. The normalized spacial score (nSPS) is 16.1. The molecule has 0 saturated carbocycles. The van der Waals surface area contributed by atoms with Crippen LogP contribution in [0.15, 0.2) is 0 Å². The maximum Gasteiger partial charge on any atom is 0.471 e. The van der Waals surface area contributed by atoms with Gasteiger partial charge in [0.1, 0.15) is 0 Å². The van der Waals surface area contributed by atoms with Crippen LogP contribution >= 0.6 is 22.6 Å². The van der Waals surface area contributed by atoms with Gasteiger partial charge in [0.15, 0.2) is 3.55 Å². The largest absolute Gasteiger partial charge is 0.479 e. The maximum absolute atomic E-state index is 11.6. The van der Waals surface area contributed by atoms with E-state index in [0.717, 1.165) is 6.92 Å².